The van der Waals surface area contributed by atoms with E-state index in [1.807, 2.05) is 18.2 Å². The average molecular weight is 297 g/mol. The second kappa shape index (κ2) is 7.59. The van der Waals surface area contributed by atoms with Gasteiger partial charge >= 0.3 is 0 Å². The summed E-state index contributed by atoms with van der Waals surface area (Å²) in [6.45, 7) is 4.27. The SMILES string of the molecule is CCCc1cc(N=Nc2ccccc2O)cc(CCC)c1N. The molecule has 0 saturated heterocycles. The first-order chi connectivity index (χ1) is 10.7. The lowest BCUT2D eigenvalue weighted by atomic mass is 9.99. The second-order valence-corrected chi connectivity index (χ2v) is 5.37. The topological polar surface area (TPSA) is 71.0 Å². The van der Waals surface area contributed by atoms with E-state index in [0.29, 0.717) is 5.69 Å². The number of azo groups is 1. The molecule has 0 atom stereocenters. The van der Waals surface area contributed by atoms with Crippen LogP contribution in [-0.2, 0) is 12.8 Å². The van der Waals surface area contributed by atoms with E-state index in [0.717, 1.165) is 48.2 Å². The lowest BCUT2D eigenvalue weighted by Gasteiger charge is -2.11. The Hall–Kier alpha value is -2.36. The Kier molecular flexibility index (Phi) is 5.53. The fourth-order valence-electron chi connectivity index (χ4n) is 2.43. The number of benzene rings is 2. The van der Waals surface area contributed by atoms with Crippen LogP contribution in [0.25, 0.3) is 0 Å². The first-order valence-electron chi connectivity index (χ1n) is 7.76. The summed E-state index contributed by atoms with van der Waals surface area (Å²) in [7, 11) is 0. The molecule has 0 aromatic heterocycles. The molecular weight excluding hydrogens is 274 g/mol. The summed E-state index contributed by atoms with van der Waals surface area (Å²) in [5.41, 5.74) is 10.6. The highest BCUT2D eigenvalue weighted by molar-refractivity contribution is 5.61. The first kappa shape index (κ1) is 16.0. The Labute approximate surface area is 131 Å². The third-order valence-corrected chi connectivity index (χ3v) is 3.53. The predicted octanol–water partition coefficient (Wildman–Crippen LogP) is 5.29. The summed E-state index contributed by atoms with van der Waals surface area (Å²) in [6.07, 6.45) is 3.94. The lowest BCUT2D eigenvalue weighted by Crippen LogP contribution is -2.00. The summed E-state index contributed by atoms with van der Waals surface area (Å²) in [4.78, 5) is 0. The van der Waals surface area contributed by atoms with Crippen LogP contribution in [0.5, 0.6) is 5.75 Å². The van der Waals surface area contributed by atoms with E-state index in [4.69, 9.17) is 5.73 Å². The van der Waals surface area contributed by atoms with Crippen LogP contribution >= 0.6 is 0 Å². The highest BCUT2D eigenvalue weighted by Crippen LogP contribution is 2.31. The minimum Gasteiger partial charge on any atom is -0.506 e. The van der Waals surface area contributed by atoms with Gasteiger partial charge in [0.15, 0.2) is 0 Å². The zero-order chi connectivity index (χ0) is 15.9. The van der Waals surface area contributed by atoms with Crippen LogP contribution in [0.3, 0.4) is 0 Å². The van der Waals surface area contributed by atoms with Crippen molar-refractivity contribution >= 4 is 17.1 Å². The molecule has 0 aliphatic heterocycles. The van der Waals surface area contributed by atoms with E-state index in [9.17, 15) is 5.11 Å². The zero-order valence-corrected chi connectivity index (χ0v) is 13.2. The number of phenols is 1. The molecule has 0 amide bonds. The van der Waals surface area contributed by atoms with Gasteiger partial charge in [0.1, 0.15) is 11.4 Å². The van der Waals surface area contributed by atoms with Gasteiger partial charge in [0, 0.05) is 5.69 Å². The molecule has 0 heterocycles. The maximum atomic E-state index is 9.74. The number of nitrogens with two attached hydrogens (primary N) is 1. The van der Waals surface area contributed by atoms with Crippen LogP contribution in [0.15, 0.2) is 46.6 Å². The summed E-state index contributed by atoms with van der Waals surface area (Å²) in [6, 6.07) is 10.9. The van der Waals surface area contributed by atoms with Crippen molar-refractivity contribution < 1.29 is 5.11 Å². The maximum absolute atomic E-state index is 9.74. The number of phenolic OH excluding ortho intramolecular Hbond substituents is 1. The number of hydrogen-bond acceptors (Lipinski definition) is 4. The number of nitrogens with zero attached hydrogens (tertiary/aromatic N) is 2. The van der Waals surface area contributed by atoms with Crippen LogP contribution < -0.4 is 5.73 Å². The van der Waals surface area contributed by atoms with E-state index < -0.39 is 0 Å². The van der Waals surface area contributed by atoms with Gasteiger partial charge in [-0.1, -0.05) is 38.8 Å². The van der Waals surface area contributed by atoms with Gasteiger partial charge in [-0.15, -0.1) is 5.11 Å². The first-order valence-corrected chi connectivity index (χ1v) is 7.76. The average Bonchev–Trinajstić information content (AvgIpc) is 2.51. The van der Waals surface area contributed by atoms with Gasteiger partial charge in [0.25, 0.3) is 0 Å². The Bertz CT molecular complexity index is 638. The monoisotopic (exact) mass is 297 g/mol. The van der Waals surface area contributed by atoms with Gasteiger partial charge < -0.3 is 10.8 Å². The molecule has 0 spiro atoms. The Morgan fingerprint density at radius 3 is 2.09 bits per heavy atom. The van der Waals surface area contributed by atoms with E-state index in [1.54, 1.807) is 18.2 Å². The second-order valence-electron chi connectivity index (χ2n) is 5.37. The smallest absolute Gasteiger partial charge is 0.143 e. The molecule has 2 aromatic carbocycles. The third-order valence-electron chi connectivity index (χ3n) is 3.53. The number of nitrogen functional groups attached to an aromatic ring is 1. The lowest BCUT2D eigenvalue weighted by molar-refractivity contribution is 0.476. The van der Waals surface area contributed by atoms with Crippen molar-refractivity contribution in [2.24, 2.45) is 10.2 Å². The molecule has 0 saturated carbocycles. The molecule has 0 aliphatic carbocycles. The van der Waals surface area contributed by atoms with Crippen molar-refractivity contribution in [1.29, 1.82) is 0 Å². The molecule has 0 radical (unpaired) electrons. The standard InChI is InChI=1S/C18H23N3O/c1-3-7-13-11-15(12-14(8-4-2)18(13)19)20-21-16-9-5-6-10-17(16)22/h5-6,9-12,22H,3-4,7-8,19H2,1-2H3. The number of aromatic hydroxyl groups is 1. The fourth-order valence-corrected chi connectivity index (χ4v) is 2.43. The van der Waals surface area contributed by atoms with E-state index in [1.165, 1.54) is 0 Å². The molecule has 4 nitrogen and oxygen atoms in total. The molecule has 2 aromatic rings. The van der Waals surface area contributed by atoms with Crippen LogP contribution in [-0.4, -0.2) is 5.11 Å². The summed E-state index contributed by atoms with van der Waals surface area (Å²) < 4.78 is 0. The molecule has 0 aliphatic rings. The Morgan fingerprint density at radius 2 is 1.55 bits per heavy atom. The predicted molar refractivity (Wildman–Crippen MR) is 91.1 cm³/mol. The molecule has 4 heteroatoms. The Morgan fingerprint density at radius 1 is 0.955 bits per heavy atom. The van der Waals surface area contributed by atoms with Gasteiger partial charge in [0.05, 0.1) is 5.69 Å². The van der Waals surface area contributed by atoms with Crippen molar-refractivity contribution in [3.63, 3.8) is 0 Å². The normalized spacial score (nSPS) is 11.2. The van der Waals surface area contributed by atoms with Gasteiger partial charge in [-0.25, -0.2) is 0 Å². The van der Waals surface area contributed by atoms with Crippen molar-refractivity contribution in [2.75, 3.05) is 5.73 Å². The highest BCUT2D eigenvalue weighted by atomic mass is 16.3. The van der Waals surface area contributed by atoms with E-state index >= 15 is 0 Å². The molecule has 22 heavy (non-hydrogen) atoms. The summed E-state index contributed by atoms with van der Waals surface area (Å²) in [5, 5.41) is 18.2. The van der Waals surface area contributed by atoms with E-state index in [2.05, 4.69) is 24.1 Å². The Balaban J connectivity index is 2.36. The minimum atomic E-state index is 0.129. The van der Waals surface area contributed by atoms with Crippen LogP contribution in [0.4, 0.5) is 17.1 Å². The molecule has 116 valence electrons. The molecule has 2 rings (SSSR count). The summed E-state index contributed by atoms with van der Waals surface area (Å²) >= 11 is 0. The van der Waals surface area contributed by atoms with Crippen LogP contribution in [0.2, 0.25) is 0 Å². The molecular formula is C18H23N3O. The highest BCUT2D eigenvalue weighted by Gasteiger charge is 2.07. The van der Waals surface area contributed by atoms with Crippen molar-refractivity contribution in [2.45, 2.75) is 39.5 Å². The maximum Gasteiger partial charge on any atom is 0.143 e. The molecule has 0 unspecified atom stereocenters. The quantitative estimate of drug-likeness (QED) is 0.561. The van der Waals surface area contributed by atoms with Crippen molar-refractivity contribution in [3.8, 4) is 5.75 Å². The third kappa shape index (κ3) is 3.85. The van der Waals surface area contributed by atoms with Crippen molar-refractivity contribution in [1.82, 2.24) is 0 Å². The number of aryl methyl sites for hydroxylation is 2. The molecule has 0 bridgehead atoms. The van der Waals surface area contributed by atoms with Gasteiger partial charge in [-0.05, 0) is 48.2 Å². The zero-order valence-electron chi connectivity index (χ0n) is 13.2. The van der Waals surface area contributed by atoms with E-state index in [-0.39, 0.29) is 5.75 Å². The van der Waals surface area contributed by atoms with Crippen LogP contribution in [0, 0.1) is 0 Å². The number of para-hydroxylation sites is 1. The van der Waals surface area contributed by atoms with Crippen LogP contribution in [0.1, 0.15) is 37.8 Å². The number of rotatable bonds is 6. The van der Waals surface area contributed by atoms with Gasteiger partial charge in [0.2, 0.25) is 0 Å². The number of hydrogen-bond donors (Lipinski definition) is 2. The minimum absolute atomic E-state index is 0.129. The molecule has 0 fully saturated rings. The van der Waals surface area contributed by atoms with Crippen molar-refractivity contribution in [3.05, 3.63) is 47.5 Å². The molecule has 3 N–H and O–H groups in total. The largest absolute Gasteiger partial charge is 0.506 e. The van der Waals surface area contributed by atoms with Gasteiger partial charge in [-0.3, -0.25) is 0 Å². The summed E-state index contributed by atoms with van der Waals surface area (Å²) in [5.74, 6) is 0.129. The van der Waals surface area contributed by atoms with Gasteiger partial charge in [-0.2, -0.15) is 5.11 Å². The fraction of sp³-hybridized carbons (Fsp3) is 0.333. The number of anilines is 1.